The molecular formula is C64H34. The van der Waals surface area contributed by atoms with E-state index >= 15 is 0 Å². The molecule has 1 aliphatic carbocycles. The highest BCUT2D eigenvalue weighted by atomic mass is 14.3. The quantitative estimate of drug-likeness (QED) is 0.123. The van der Waals surface area contributed by atoms with Crippen LogP contribution >= 0.6 is 0 Å². The van der Waals surface area contributed by atoms with Crippen LogP contribution in [0, 0.1) is 0 Å². The van der Waals surface area contributed by atoms with E-state index in [1.165, 1.54) is 163 Å². The molecule has 15 aromatic rings. The Morgan fingerprint density at radius 2 is 0.594 bits per heavy atom. The fraction of sp³-hybridized carbons (Fsp3) is 0. The number of fused-ring (bicyclic) bond motifs is 13. The van der Waals surface area contributed by atoms with E-state index in [-0.39, 0.29) is 0 Å². The van der Waals surface area contributed by atoms with E-state index < -0.39 is 0 Å². The Hall–Kier alpha value is -8.32. The second-order valence-electron chi connectivity index (χ2n) is 18.1. The summed E-state index contributed by atoms with van der Waals surface area (Å²) in [6, 6.07) is 78.2. The Balaban J connectivity index is 1.11. The van der Waals surface area contributed by atoms with Crippen LogP contribution in [0.25, 0.3) is 163 Å². The Kier molecular flexibility index (Phi) is 6.13. The molecule has 0 atom stereocenters. The minimum absolute atomic E-state index is 1.25. The van der Waals surface area contributed by atoms with Crippen LogP contribution < -0.4 is 0 Å². The van der Waals surface area contributed by atoms with Crippen LogP contribution in [0.3, 0.4) is 0 Å². The first-order valence-electron chi connectivity index (χ1n) is 22.5. The standard InChI is InChI=1S/C64H34/c1-4-14-35(15-5-1)38-22-12-24-42-43-26-27-44-46-30-33-51-61-50(32-29-47(59(46)61)45-28-31-49(56(38)42)60(43)58(44)45)63-54(36-16-6-2-7-17-36)53-34-52-40-21-11-10-20-39(40)41-23-13-25-48(57(41)52)62(53)55(64(51)63)37-18-8-3-9-19-37/h1-34H. The summed E-state index contributed by atoms with van der Waals surface area (Å²) in [6.07, 6.45) is 0. The van der Waals surface area contributed by atoms with Gasteiger partial charge in [0.15, 0.2) is 0 Å². The Bertz CT molecular complexity index is 4460. The summed E-state index contributed by atoms with van der Waals surface area (Å²) in [5.74, 6) is 0. The van der Waals surface area contributed by atoms with Crippen LogP contribution in [0.4, 0.5) is 0 Å². The van der Waals surface area contributed by atoms with Crippen molar-refractivity contribution < 1.29 is 0 Å². The largest absolute Gasteiger partial charge is 0.0622 e. The Morgan fingerprint density at radius 3 is 1.28 bits per heavy atom. The molecule has 0 radical (unpaired) electrons. The second-order valence-corrected chi connectivity index (χ2v) is 18.1. The highest BCUT2D eigenvalue weighted by Gasteiger charge is 2.30. The lowest BCUT2D eigenvalue weighted by Crippen LogP contribution is -1.91. The molecule has 290 valence electrons. The van der Waals surface area contributed by atoms with Gasteiger partial charge in [0.05, 0.1) is 0 Å². The van der Waals surface area contributed by atoms with Crippen LogP contribution in [0.5, 0.6) is 0 Å². The zero-order valence-corrected chi connectivity index (χ0v) is 34.6. The van der Waals surface area contributed by atoms with Crippen molar-refractivity contribution in [1.82, 2.24) is 0 Å². The summed E-state index contributed by atoms with van der Waals surface area (Å²) < 4.78 is 0. The van der Waals surface area contributed by atoms with Gasteiger partial charge in [-0.25, -0.2) is 0 Å². The molecule has 0 fully saturated rings. The van der Waals surface area contributed by atoms with Crippen LogP contribution in [0.2, 0.25) is 0 Å². The molecule has 0 saturated heterocycles. The van der Waals surface area contributed by atoms with Gasteiger partial charge in [0.2, 0.25) is 0 Å². The van der Waals surface area contributed by atoms with E-state index in [0.29, 0.717) is 0 Å². The predicted octanol–water partition coefficient (Wildman–Crippen LogP) is 18.2. The molecule has 0 spiro atoms. The van der Waals surface area contributed by atoms with Crippen molar-refractivity contribution in [3.05, 3.63) is 206 Å². The molecule has 0 heteroatoms. The van der Waals surface area contributed by atoms with Gasteiger partial charge in [-0.05, 0) is 169 Å². The fourth-order valence-corrected chi connectivity index (χ4v) is 12.9. The number of hydrogen-bond donors (Lipinski definition) is 0. The van der Waals surface area contributed by atoms with Gasteiger partial charge in [0, 0.05) is 0 Å². The van der Waals surface area contributed by atoms with Gasteiger partial charge in [-0.3, -0.25) is 0 Å². The molecule has 16 rings (SSSR count). The SMILES string of the molecule is c1ccc(-c2cccc3c2-c2ccc4c5ccc6c7c(-c8ccccc8)c8cc9c%10ccccc%10c%10cccc(c8c(-c8ccccc8)c7c7ccc(c8ccc-3c2c48)c5c67)c%109)cc1. The number of rotatable bonds is 3. The third kappa shape index (κ3) is 3.93. The van der Waals surface area contributed by atoms with Gasteiger partial charge in [-0.15, -0.1) is 0 Å². The highest BCUT2D eigenvalue weighted by Crippen LogP contribution is 2.58. The molecule has 0 saturated carbocycles. The van der Waals surface area contributed by atoms with Gasteiger partial charge < -0.3 is 0 Å². The monoisotopic (exact) mass is 802 g/mol. The summed E-state index contributed by atoms with van der Waals surface area (Å²) in [5, 5.41) is 26.8. The lowest BCUT2D eigenvalue weighted by atomic mass is 9.84. The van der Waals surface area contributed by atoms with E-state index in [2.05, 4.69) is 206 Å². The lowest BCUT2D eigenvalue weighted by Gasteiger charge is -2.19. The number of benzene rings is 13. The molecule has 0 aromatic heterocycles. The smallest absolute Gasteiger partial charge is 0.000718 e. The van der Waals surface area contributed by atoms with Crippen LogP contribution in [-0.2, 0) is 0 Å². The summed E-state index contributed by atoms with van der Waals surface area (Å²) in [5.41, 5.74) is 13.0. The fourth-order valence-electron chi connectivity index (χ4n) is 12.9. The third-order valence-electron chi connectivity index (χ3n) is 15.2. The molecule has 0 amide bonds. The Morgan fingerprint density at radius 1 is 0.156 bits per heavy atom. The first-order chi connectivity index (χ1) is 31.8. The zero-order valence-electron chi connectivity index (χ0n) is 34.6. The molecule has 15 aromatic carbocycles. The Labute approximate surface area is 367 Å². The molecule has 0 nitrogen and oxygen atoms in total. The molecule has 0 heterocycles. The molecule has 64 heavy (non-hydrogen) atoms. The van der Waals surface area contributed by atoms with Gasteiger partial charge in [-0.1, -0.05) is 200 Å². The third-order valence-corrected chi connectivity index (χ3v) is 15.2. The average molecular weight is 803 g/mol. The van der Waals surface area contributed by atoms with E-state index in [1.54, 1.807) is 0 Å². The van der Waals surface area contributed by atoms with Crippen LogP contribution in [-0.4, -0.2) is 0 Å². The van der Waals surface area contributed by atoms with E-state index in [4.69, 9.17) is 0 Å². The van der Waals surface area contributed by atoms with Gasteiger partial charge >= 0.3 is 0 Å². The second kappa shape index (κ2) is 11.8. The van der Waals surface area contributed by atoms with Crippen molar-refractivity contribution in [3.8, 4) is 55.6 Å². The molecular weight excluding hydrogens is 769 g/mol. The van der Waals surface area contributed by atoms with E-state index in [9.17, 15) is 0 Å². The van der Waals surface area contributed by atoms with Crippen LogP contribution in [0.1, 0.15) is 0 Å². The van der Waals surface area contributed by atoms with Crippen molar-refractivity contribution in [2.24, 2.45) is 0 Å². The predicted molar refractivity (Wildman–Crippen MR) is 276 cm³/mol. The molecule has 0 bridgehead atoms. The maximum absolute atomic E-state index is 2.54. The first kappa shape index (κ1) is 33.3. The summed E-state index contributed by atoms with van der Waals surface area (Å²) in [4.78, 5) is 0. The lowest BCUT2D eigenvalue weighted by molar-refractivity contribution is 1.62. The molecule has 1 aliphatic rings. The topological polar surface area (TPSA) is 0 Å². The summed E-state index contributed by atoms with van der Waals surface area (Å²) in [6.45, 7) is 0. The van der Waals surface area contributed by atoms with E-state index in [1.807, 2.05) is 0 Å². The highest BCUT2D eigenvalue weighted by molar-refractivity contribution is 6.49. The van der Waals surface area contributed by atoms with E-state index in [0.717, 1.165) is 0 Å². The van der Waals surface area contributed by atoms with Crippen molar-refractivity contribution in [3.63, 3.8) is 0 Å². The number of hydrogen-bond acceptors (Lipinski definition) is 0. The first-order valence-corrected chi connectivity index (χ1v) is 22.5. The molecule has 0 unspecified atom stereocenters. The summed E-state index contributed by atoms with van der Waals surface area (Å²) in [7, 11) is 0. The maximum Gasteiger partial charge on any atom is -0.000718 e. The minimum atomic E-state index is 1.25. The minimum Gasteiger partial charge on any atom is -0.0622 e. The maximum atomic E-state index is 2.54. The summed E-state index contributed by atoms with van der Waals surface area (Å²) >= 11 is 0. The van der Waals surface area contributed by atoms with Gasteiger partial charge in [0.25, 0.3) is 0 Å². The van der Waals surface area contributed by atoms with Gasteiger partial charge in [-0.2, -0.15) is 0 Å². The van der Waals surface area contributed by atoms with Crippen molar-refractivity contribution in [2.45, 2.75) is 0 Å². The molecule has 0 aliphatic heterocycles. The molecule has 0 N–H and O–H groups in total. The zero-order chi connectivity index (χ0) is 41.4. The van der Waals surface area contributed by atoms with Gasteiger partial charge in [0.1, 0.15) is 0 Å². The van der Waals surface area contributed by atoms with Crippen molar-refractivity contribution in [1.29, 1.82) is 0 Å². The van der Waals surface area contributed by atoms with Crippen molar-refractivity contribution in [2.75, 3.05) is 0 Å². The average Bonchev–Trinajstić information content (AvgIpc) is 4.00. The normalized spacial score (nSPS) is 12.7. The van der Waals surface area contributed by atoms with Crippen LogP contribution in [0.15, 0.2) is 206 Å². The van der Waals surface area contributed by atoms with Crippen molar-refractivity contribution >= 4 is 108 Å².